The van der Waals surface area contributed by atoms with E-state index in [-0.39, 0.29) is 5.88 Å². The summed E-state index contributed by atoms with van der Waals surface area (Å²) in [7, 11) is 0. The van der Waals surface area contributed by atoms with Crippen LogP contribution in [-0.2, 0) is 0 Å². The van der Waals surface area contributed by atoms with Crippen molar-refractivity contribution >= 4 is 23.7 Å². The molecule has 3 heterocycles. The Bertz CT molecular complexity index is 953. The van der Waals surface area contributed by atoms with Gasteiger partial charge in [0.25, 0.3) is 0 Å². The first-order valence-corrected chi connectivity index (χ1v) is 7.28. The first kappa shape index (κ1) is 13.5. The van der Waals surface area contributed by atoms with Crippen molar-refractivity contribution in [3.63, 3.8) is 0 Å². The minimum absolute atomic E-state index is 0.0280. The van der Waals surface area contributed by atoms with Gasteiger partial charge < -0.3 is 10.1 Å². The zero-order chi connectivity index (χ0) is 15.8. The molecule has 0 saturated carbocycles. The topological polar surface area (TPSA) is 74.2 Å². The summed E-state index contributed by atoms with van der Waals surface area (Å²) in [5.41, 5.74) is 4.47. The molecule has 23 heavy (non-hydrogen) atoms. The van der Waals surface area contributed by atoms with E-state index >= 15 is 0 Å². The van der Waals surface area contributed by atoms with Crippen molar-refractivity contribution in [3.8, 4) is 17.3 Å². The Morgan fingerprint density at radius 1 is 1.17 bits per heavy atom. The van der Waals surface area contributed by atoms with Crippen molar-refractivity contribution in [1.29, 1.82) is 0 Å². The Labute approximate surface area is 133 Å². The van der Waals surface area contributed by atoms with E-state index in [1.54, 1.807) is 12.4 Å². The fraction of sp³-hybridized carbons (Fsp3) is 0.0556. The van der Waals surface area contributed by atoms with E-state index in [0.717, 1.165) is 22.3 Å². The van der Waals surface area contributed by atoms with Gasteiger partial charge in [0.15, 0.2) is 5.82 Å². The summed E-state index contributed by atoms with van der Waals surface area (Å²) < 4.78 is 0. The third kappa shape index (κ3) is 2.42. The molecule has 1 aliphatic rings. The van der Waals surface area contributed by atoms with Crippen LogP contribution in [0.4, 0.5) is 5.82 Å². The SMILES string of the molecule is Cc1cccc(-c2nc(O)c(/C=C3\C=Nc4ncccc43)[nH]2)c1. The maximum absolute atomic E-state index is 10.1. The van der Waals surface area contributed by atoms with Crippen LogP contribution in [0.25, 0.3) is 23.0 Å². The van der Waals surface area contributed by atoms with E-state index in [1.165, 1.54) is 0 Å². The zero-order valence-corrected chi connectivity index (χ0v) is 12.5. The number of fused-ring (bicyclic) bond motifs is 1. The summed E-state index contributed by atoms with van der Waals surface area (Å²) in [4.78, 5) is 15.9. The number of H-pyrrole nitrogens is 1. The number of aromatic nitrogens is 3. The number of aromatic amines is 1. The van der Waals surface area contributed by atoms with E-state index < -0.39 is 0 Å². The van der Waals surface area contributed by atoms with Crippen LogP contribution in [0.5, 0.6) is 5.88 Å². The molecule has 4 rings (SSSR count). The lowest BCUT2D eigenvalue weighted by molar-refractivity contribution is 0.455. The number of hydrogen-bond donors (Lipinski definition) is 2. The number of hydrogen-bond acceptors (Lipinski definition) is 4. The molecule has 2 aromatic heterocycles. The number of benzene rings is 1. The maximum atomic E-state index is 10.1. The number of aliphatic imine (C=N–C) groups is 1. The van der Waals surface area contributed by atoms with Gasteiger partial charge in [-0.15, -0.1) is 0 Å². The minimum atomic E-state index is -0.0280. The Hall–Kier alpha value is -3.21. The molecule has 112 valence electrons. The van der Waals surface area contributed by atoms with Crippen molar-refractivity contribution in [2.24, 2.45) is 4.99 Å². The second-order valence-electron chi connectivity index (χ2n) is 5.42. The Balaban J connectivity index is 1.75. The first-order chi connectivity index (χ1) is 11.2. The molecule has 0 amide bonds. The largest absolute Gasteiger partial charge is 0.492 e. The number of allylic oxidation sites excluding steroid dienone is 1. The molecule has 0 spiro atoms. The van der Waals surface area contributed by atoms with Gasteiger partial charge in [-0.3, -0.25) is 0 Å². The number of aryl methyl sites for hydroxylation is 1. The second-order valence-corrected chi connectivity index (χ2v) is 5.42. The van der Waals surface area contributed by atoms with Gasteiger partial charge >= 0.3 is 0 Å². The van der Waals surface area contributed by atoms with Crippen LogP contribution in [0, 0.1) is 6.92 Å². The standard InChI is InChI=1S/C18H14N4O/c1-11-4-2-5-12(8-11)16-21-15(18(23)22-16)9-13-10-20-17-14(13)6-3-7-19-17/h2-10,23H,1H3,(H,21,22)/b13-9+. The average Bonchev–Trinajstić information content (AvgIpc) is 3.13. The highest BCUT2D eigenvalue weighted by atomic mass is 16.3. The van der Waals surface area contributed by atoms with Crippen molar-refractivity contribution < 1.29 is 5.11 Å². The van der Waals surface area contributed by atoms with Crippen molar-refractivity contribution in [3.05, 3.63) is 59.4 Å². The van der Waals surface area contributed by atoms with Gasteiger partial charge in [0.1, 0.15) is 11.5 Å². The fourth-order valence-corrected chi connectivity index (χ4v) is 2.60. The molecule has 1 aromatic carbocycles. The summed E-state index contributed by atoms with van der Waals surface area (Å²) in [5.74, 6) is 1.30. The molecule has 2 N–H and O–H groups in total. The first-order valence-electron chi connectivity index (χ1n) is 7.28. The van der Waals surface area contributed by atoms with E-state index in [9.17, 15) is 5.11 Å². The van der Waals surface area contributed by atoms with Crippen LogP contribution >= 0.6 is 0 Å². The van der Waals surface area contributed by atoms with Gasteiger partial charge in [-0.25, -0.2) is 9.98 Å². The summed E-state index contributed by atoms with van der Waals surface area (Å²) in [5, 5.41) is 10.1. The van der Waals surface area contributed by atoms with Gasteiger partial charge in [0.2, 0.25) is 5.88 Å². The van der Waals surface area contributed by atoms with Crippen LogP contribution in [0.1, 0.15) is 16.8 Å². The monoisotopic (exact) mass is 302 g/mol. The Kier molecular flexibility index (Phi) is 3.05. The van der Waals surface area contributed by atoms with Crippen LogP contribution in [-0.4, -0.2) is 26.3 Å². The molecule has 5 nitrogen and oxygen atoms in total. The van der Waals surface area contributed by atoms with Gasteiger partial charge in [0.05, 0.1) is 0 Å². The quantitative estimate of drug-likeness (QED) is 0.757. The summed E-state index contributed by atoms with van der Waals surface area (Å²) >= 11 is 0. The highest BCUT2D eigenvalue weighted by molar-refractivity contribution is 6.20. The van der Waals surface area contributed by atoms with Gasteiger partial charge in [-0.1, -0.05) is 23.8 Å². The summed E-state index contributed by atoms with van der Waals surface area (Å²) in [6, 6.07) is 11.8. The lowest BCUT2D eigenvalue weighted by Crippen LogP contribution is -1.83. The van der Waals surface area contributed by atoms with E-state index in [1.807, 2.05) is 49.4 Å². The summed E-state index contributed by atoms with van der Waals surface area (Å²) in [6.07, 6.45) is 5.28. The molecule has 0 radical (unpaired) electrons. The normalized spacial score (nSPS) is 14.4. The third-order valence-electron chi connectivity index (χ3n) is 3.73. The molecule has 3 aromatic rings. The molecule has 0 bridgehead atoms. The van der Waals surface area contributed by atoms with Crippen molar-refractivity contribution in [2.75, 3.05) is 0 Å². The number of rotatable bonds is 2. The molecule has 1 aliphatic heterocycles. The average molecular weight is 302 g/mol. The molecular weight excluding hydrogens is 288 g/mol. The van der Waals surface area contributed by atoms with Crippen LogP contribution in [0.2, 0.25) is 0 Å². The number of aromatic hydroxyl groups is 1. The molecule has 0 aliphatic carbocycles. The predicted octanol–water partition coefficient (Wildman–Crippen LogP) is 3.74. The van der Waals surface area contributed by atoms with Crippen molar-refractivity contribution in [2.45, 2.75) is 6.92 Å². The number of nitrogens with one attached hydrogen (secondary N) is 1. The third-order valence-corrected chi connectivity index (χ3v) is 3.73. The molecule has 0 atom stereocenters. The lowest BCUT2D eigenvalue weighted by Gasteiger charge is -1.98. The van der Waals surface area contributed by atoms with Gasteiger partial charge in [-0.2, -0.15) is 4.98 Å². The molecule has 0 fully saturated rings. The molecule has 0 saturated heterocycles. The highest BCUT2D eigenvalue weighted by Gasteiger charge is 2.15. The Morgan fingerprint density at radius 3 is 2.96 bits per heavy atom. The van der Waals surface area contributed by atoms with Crippen LogP contribution in [0.15, 0.2) is 47.6 Å². The van der Waals surface area contributed by atoms with E-state index in [2.05, 4.69) is 19.9 Å². The fourth-order valence-electron chi connectivity index (χ4n) is 2.60. The maximum Gasteiger partial charge on any atom is 0.237 e. The van der Waals surface area contributed by atoms with E-state index in [4.69, 9.17) is 0 Å². The number of imidazole rings is 1. The molecular formula is C18H14N4O. The number of nitrogens with zero attached hydrogens (tertiary/aromatic N) is 3. The van der Waals surface area contributed by atoms with Gasteiger partial charge in [0, 0.05) is 29.1 Å². The highest BCUT2D eigenvalue weighted by Crippen LogP contribution is 2.32. The van der Waals surface area contributed by atoms with Crippen molar-refractivity contribution in [1.82, 2.24) is 15.0 Å². The Morgan fingerprint density at radius 2 is 2.09 bits per heavy atom. The summed E-state index contributed by atoms with van der Waals surface area (Å²) in [6.45, 7) is 2.02. The minimum Gasteiger partial charge on any atom is -0.492 e. The zero-order valence-electron chi connectivity index (χ0n) is 12.5. The lowest BCUT2D eigenvalue weighted by atomic mass is 10.1. The molecule has 0 unspecified atom stereocenters. The predicted molar refractivity (Wildman–Crippen MR) is 90.7 cm³/mol. The van der Waals surface area contributed by atoms with Crippen LogP contribution in [0.3, 0.4) is 0 Å². The second kappa shape index (κ2) is 5.21. The van der Waals surface area contributed by atoms with Gasteiger partial charge in [-0.05, 0) is 31.2 Å². The smallest absolute Gasteiger partial charge is 0.237 e. The number of pyridine rings is 1. The van der Waals surface area contributed by atoms with E-state index in [0.29, 0.717) is 17.3 Å². The van der Waals surface area contributed by atoms with Crippen LogP contribution < -0.4 is 0 Å². The molecule has 5 heteroatoms.